The van der Waals surface area contributed by atoms with Crippen molar-refractivity contribution in [3.8, 4) is 0 Å². The van der Waals surface area contributed by atoms with Crippen molar-refractivity contribution < 1.29 is 0 Å². The second-order valence-electron chi connectivity index (χ2n) is 3.05. The highest BCUT2D eigenvalue weighted by Crippen LogP contribution is 2.14. The molecule has 1 N–H and O–H groups in total. The van der Waals surface area contributed by atoms with Crippen molar-refractivity contribution in [1.82, 2.24) is 10.3 Å². The van der Waals surface area contributed by atoms with E-state index in [4.69, 9.17) is 0 Å². The topological polar surface area (TPSA) is 24.9 Å². The summed E-state index contributed by atoms with van der Waals surface area (Å²) in [5, 5.41) is 4.42. The zero-order valence-electron chi connectivity index (χ0n) is 8.42. The van der Waals surface area contributed by atoms with Gasteiger partial charge in [-0.15, -0.1) is 11.3 Å². The highest BCUT2D eigenvalue weighted by atomic mass is 32.1. The predicted octanol–water partition coefficient (Wildman–Crippen LogP) is 2.46. The van der Waals surface area contributed by atoms with Gasteiger partial charge in [-0.25, -0.2) is 4.98 Å². The van der Waals surface area contributed by atoms with Crippen LogP contribution >= 0.6 is 11.3 Å². The Hall–Kier alpha value is -0.670. The second kappa shape index (κ2) is 5.14. The lowest BCUT2D eigenvalue weighted by Gasteiger charge is -1.99. The molecule has 1 rings (SSSR count). The van der Waals surface area contributed by atoms with Gasteiger partial charge in [-0.2, -0.15) is 0 Å². The molecule has 0 spiro atoms. The van der Waals surface area contributed by atoms with Crippen LogP contribution in [0, 0.1) is 6.92 Å². The van der Waals surface area contributed by atoms with E-state index in [0.29, 0.717) is 0 Å². The third-order valence-electron chi connectivity index (χ3n) is 1.68. The molecule has 0 aliphatic heterocycles. The van der Waals surface area contributed by atoms with Gasteiger partial charge in [0.1, 0.15) is 0 Å². The highest BCUT2D eigenvalue weighted by Gasteiger charge is 1.94. The van der Waals surface area contributed by atoms with Crippen LogP contribution in [0.4, 0.5) is 0 Å². The summed E-state index contributed by atoms with van der Waals surface area (Å²) in [5.41, 5.74) is 1.35. The third-order valence-corrected chi connectivity index (χ3v) is 2.54. The molecule has 0 aromatic carbocycles. The summed E-state index contributed by atoms with van der Waals surface area (Å²) in [6, 6.07) is 0. The molecule has 0 fully saturated rings. The maximum Gasteiger partial charge on any atom is 0.0900 e. The van der Waals surface area contributed by atoms with Crippen LogP contribution in [0.5, 0.6) is 0 Å². The quantitative estimate of drug-likeness (QED) is 0.800. The van der Waals surface area contributed by atoms with E-state index in [2.05, 4.69) is 30.2 Å². The molecular formula is C10H16N2S. The number of nitrogens with one attached hydrogen (secondary N) is 1. The summed E-state index contributed by atoms with van der Waals surface area (Å²) in [5.74, 6) is 0. The van der Waals surface area contributed by atoms with Gasteiger partial charge in [0.15, 0.2) is 0 Å². The molecule has 1 aromatic rings. The Labute approximate surface area is 83.7 Å². The van der Waals surface area contributed by atoms with Gasteiger partial charge in [0.05, 0.1) is 5.01 Å². The van der Waals surface area contributed by atoms with Crippen LogP contribution in [0.2, 0.25) is 0 Å². The summed E-state index contributed by atoms with van der Waals surface area (Å²) in [4.78, 5) is 5.45. The van der Waals surface area contributed by atoms with Gasteiger partial charge >= 0.3 is 0 Å². The normalized spacial score (nSPS) is 12.1. The summed E-state index contributed by atoms with van der Waals surface area (Å²) < 4.78 is 0. The maximum absolute atomic E-state index is 4.20. The lowest BCUT2D eigenvalue weighted by Crippen LogP contribution is -2.14. The van der Waals surface area contributed by atoms with Gasteiger partial charge in [0, 0.05) is 17.6 Å². The molecule has 0 aliphatic carbocycles. The van der Waals surface area contributed by atoms with Gasteiger partial charge in [-0.05, 0) is 26.5 Å². The number of aromatic nitrogens is 1. The molecule has 0 radical (unpaired) electrons. The van der Waals surface area contributed by atoms with Gasteiger partial charge in [0.25, 0.3) is 0 Å². The van der Waals surface area contributed by atoms with Crippen LogP contribution in [-0.4, -0.2) is 18.1 Å². The Kier molecular flexibility index (Phi) is 4.12. The van der Waals surface area contributed by atoms with Crippen LogP contribution in [0.1, 0.15) is 23.7 Å². The first-order valence-corrected chi connectivity index (χ1v) is 5.34. The monoisotopic (exact) mass is 196 g/mol. The average Bonchev–Trinajstić information content (AvgIpc) is 2.48. The van der Waals surface area contributed by atoms with Crippen molar-refractivity contribution in [1.29, 1.82) is 0 Å². The molecule has 0 saturated heterocycles. The fourth-order valence-corrected chi connectivity index (χ4v) is 1.87. The fraction of sp³-hybridized carbons (Fsp3) is 0.500. The maximum atomic E-state index is 4.20. The molecule has 0 bridgehead atoms. The van der Waals surface area contributed by atoms with E-state index in [9.17, 15) is 0 Å². The minimum Gasteiger partial charge on any atom is -0.313 e. The highest BCUT2D eigenvalue weighted by molar-refractivity contribution is 7.12. The Balaban J connectivity index is 2.54. The average molecular weight is 196 g/mol. The Morgan fingerprint density at radius 1 is 1.69 bits per heavy atom. The zero-order chi connectivity index (χ0) is 9.68. The predicted molar refractivity (Wildman–Crippen MR) is 59.0 cm³/mol. The van der Waals surface area contributed by atoms with E-state index in [1.165, 1.54) is 10.5 Å². The Bertz CT molecular complexity index is 289. The molecule has 0 unspecified atom stereocenters. The fourth-order valence-electron chi connectivity index (χ4n) is 1.06. The van der Waals surface area contributed by atoms with Gasteiger partial charge in [0.2, 0.25) is 0 Å². The molecule has 2 nitrogen and oxygen atoms in total. The van der Waals surface area contributed by atoms with Crippen molar-refractivity contribution in [3.63, 3.8) is 0 Å². The van der Waals surface area contributed by atoms with E-state index < -0.39 is 0 Å². The van der Waals surface area contributed by atoms with E-state index >= 15 is 0 Å². The number of nitrogens with zero attached hydrogens (tertiary/aromatic N) is 1. The Morgan fingerprint density at radius 3 is 3.00 bits per heavy atom. The number of thiazole rings is 1. The molecule has 72 valence electrons. The lowest BCUT2D eigenvalue weighted by atomic mass is 10.2. The molecule has 0 atom stereocenters. The first-order valence-electron chi connectivity index (χ1n) is 4.52. The number of aryl methyl sites for hydroxylation is 1. The van der Waals surface area contributed by atoms with Gasteiger partial charge in [-0.1, -0.05) is 12.5 Å². The second-order valence-corrected chi connectivity index (χ2v) is 4.32. The largest absolute Gasteiger partial charge is 0.313 e. The summed E-state index contributed by atoms with van der Waals surface area (Å²) in [6.45, 7) is 8.27. The zero-order valence-corrected chi connectivity index (χ0v) is 9.24. The van der Waals surface area contributed by atoms with Crippen molar-refractivity contribution in [2.45, 2.75) is 20.8 Å². The minimum absolute atomic E-state index is 0.966. The van der Waals surface area contributed by atoms with Crippen molar-refractivity contribution >= 4 is 17.4 Å². The molecule has 3 heteroatoms. The first kappa shape index (κ1) is 10.4. The Morgan fingerprint density at radius 2 is 2.46 bits per heavy atom. The summed E-state index contributed by atoms with van der Waals surface area (Å²) in [6.07, 6.45) is 4.11. The van der Waals surface area contributed by atoms with Gasteiger partial charge < -0.3 is 5.32 Å². The molecule has 1 heterocycles. The molecule has 13 heavy (non-hydrogen) atoms. The van der Waals surface area contributed by atoms with Crippen LogP contribution in [0.25, 0.3) is 6.08 Å². The molecular weight excluding hydrogens is 180 g/mol. The van der Waals surface area contributed by atoms with Crippen LogP contribution in [-0.2, 0) is 0 Å². The number of hydrogen-bond donors (Lipinski definition) is 1. The molecule has 0 amide bonds. The molecule has 0 saturated carbocycles. The summed E-state index contributed by atoms with van der Waals surface area (Å²) >= 11 is 1.73. The van der Waals surface area contributed by atoms with E-state index in [-0.39, 0.29) is 0 Å². The SMILES string of the molecule is CCNCC(C)=Cc1cnc(C)s1. The third kappa shape index (κ3) is 3.70. The van der Waals surface area contributed by atoms with Crippen molar-refractivity contribution in [3.05, 3.63) is 21.7 Å². The first-order chi connectivity index (χ1) is 6.22. The summed E-state index contributed by atoms with van der Waals surface area (Å²) in [7, 11) is 0. The van der Waals surface area contributed by atoms with Crippen molar-refractivity contribution in [2.75, 3.05) is 13.1 Å². The van der Waals surface area contributed by atoms with Gasteiger partial charge in [-0.3, -0.25) is 0 Å². The minimum atomic E-state index is 0.966. The smallest absolute Gasteiger partial charge is 0.0900 e. The van der Waals surface area contributed by atoms with E-state index in [1.807, 2.05) is 13.1 Å². The van der Waals surface area contributed by atoms with E-state index in [0.717, 1.165) is 18.1 Å². The van der Waals surface area contributed by atoms with E-state index in [1.54, 1.807) is 11.3 Å². The molecule has 0 aliphatic rings. The number of likely N-dealkylation sites (N-methyl/N-ethyl adjacent to an activating group) is 1. The lowest BCUT2D eigenvalue weighted by molar-refractivity contribution is 0.779. The number of hydrogen-bond acceptors (Lipinski definition) is 3. The van der Waals surface area contributed by atoms with Crippen LogP contribution in [0.15, 0.2) is 11.8 Å². The number of rotatable bonds is 4. The van der Waals surface area contributed by atoms with Crippen LogP contribution < -0.4 is 5.32 Å². The molecule has 1 aromatic heterocycles. The van der Waals surface area contributed by atoms with Crippen molar-refractivity contribution in [2.24, 2.45) is 0 Å². The van der Waals surface area contributed by atoms with Crippen LogP contribution in [0.3, 0.4) is 0 Å². The standard InChI is InChI=1S/C10H16N2S/c1-4-11-6-8(2)5-10-7-12-9(3)13-10/h5,7,11H,4,6H2,1-3H3.